The number of para-hydroxylation sites is 2. The third kappa shape index (κ3) is 12.4. The average Bonchev–Trinajstić information content (AvgIpc) is 3.24. The Morgan fingerprint density at radius 1 is 1.00 bits per heavy atom. The number of hydrogen-bond acceptors (Lipinski definition) is 5. The van der Waals surface area contributed by atoms with Crippen molar-refractivity contribution in [1.82, 2.24) is 14.9 Å². The number of rotatable bonds is 13. The van der Waals surface area contributed by atoms with Crippen molar-refractivity contribution in [3.05, 3.63) is 24.3 Å². The molecule has 0 aliphatic carbocycles. The molecule has 2 heterocycles. The molecule has 198 valence electrons. The number of amides is 1. The van der Waals surface area contributed by atoms with E-state index < -0.39 is 6.09 Å². The summed E-state index contributed by atoms with van der Waals surface area (Å²) in [6.45, 7) is 10.2. The third-order valence-corrected chi connectivity index (χ3v) is 6.37. The Morgan fingerprint density at radius 3 is 2.14 bits per heavy atom. The minimum absolute atomic E-state index is 0.387. The lowest BCUT2D eigenvalue weighted by Crippen LogP contribution is -2.45. The number of fused-ring (bicyclic) bond motifs is 1. The second kappa shape index (κ2) is 17.3. The molecule has 0 spiro atoms. The molecule has 2 N–H and O–H groups in total. The van der Waals surface area contributed by atoms with Crippen LogP contribution in [0, 0.1) is 0 Å². The van der Waals surface area contributed by atoms with Crippen molar-refractivity contribution in [2.75, 3.05) is 32.1 Å². The largest absolute Gasteiger partial charge is 0.453 e. The molecule has 1 aromatic carbocycles. The summed E-state index contributed by atoms with van der Waals surface area (Å²) in [5, 5.41) is 2.45. The first kappa shape index (κ1) is 29.1. The second-order valence-electron chi connectivity index (χ2n) is 9.77. The molecule has 0 radical (unpaired) electrons. The number of imidazole rings is 1. The predicted octanol–water partition coefficient (Wildman–Crippen LogP) is 7.15. The van der Waals surface area contributed by atoms with E-state index in [2.05, 4.69) is 45.7 Å². The van der Waals surface area contributed by atoms with Crippen LogP contribution in [-0.2, 0) is 9.47 Å². The number of benzene rings is 1. The van der Waals surface area contributed by atoms with Crippen molar-refractivity contribution in [1.29, 1.82) is 0 Å². The van der Waals surface area contributed by atoms with Crippen LogP contribution in [0.25, 0.3) is 11.0 Å². The Labute approximate surface area is 212 Å². The van der Waals surface area contributed by atoms with E-state index in [1.807, 2.05) is 24.3 Å². The molecule has 2 aromatic rings. The Morgan fingerprint density at radius 2 is 1.57 bits per heavy atom. The number of nitrogens with one attached hydrogen (secondary N) is 2. The number of H-pyrrole nitrogens is 1. The summed E-state index contributed by atoms with van der Waals surface area (Å²) >= 11 is 0. The molecule has 0 bridgehead atoms. The number of aromatic nitrogens is 2. The van der Waals surface area contributed by atoms with E-state index >= 15 is 0 Å². The van der Waals surface area contributed by atoms with Crippen molar-refractivity contribution < 1.29 is 14.3 Å². The first-order valence-corrected chi connectivity index (χ1v) is 13.7. The van der Waals surface area contributed by atoms with Crippen LogP contribution in [0.1, 0.15) is 91.4 Å². The Bertz CT molecular complexity index is 782. The van der Waals surface area contributed by atoms with Crippen LogP contribution in [0.2, 0.25) is 0 Å². The van der Waals surface area contributed by atoms with Crippen LogP contribution >= 0.6 is 0 Å². The van der Waals surface area contributed by atoms with Gasteiger partial charge in [0.25, 0.3) is 0 Å². The maximum Gasteiger partial charge on any atom is 0.413 e. The highest BCUT2D eigenvalue weighted by molar-refractivity contribution is 5.86. The lowest BCUT2D eigenvalue weighted by molar-refractivity contribution is -0.0681. The number of methoxy groups -OCH3 is 1. The zero-order valence-electron chi connectivity index (χ0n) is 22.5. The van der Waals surface area contributed by atoms with Gasteiger partial charge in [-0.15, -0.1) is 0 Å². The molecule has 0 saturated carbocycles. The van der Waals surface area contributed by atoms with Gasteiger partial charge in [-0.3, -0.25) is 10.2 Å². The lowest BCUT2D eigenvalue weighted by Gasteiger charge is -2.35. The number of ether oxygens (including phenoxy) is 2. The number of carbonyl (C=O) groups excluding carboxylic acids is 1. The third-order valence-electron chi connectivity index (χ3n) is 6.37. The summed E-state index contributed by atoms with van der Waals surface area (Å²) in [6.07, 6.45) is 16.0. The summed E-state index contributed by atoms with van der Waals surface area (Å²) in [4.78, 5) is 20.5. The predicted molar refractivity (Wildman–Crippen MR) is 145 cm³/mol. The van der Waals surface area contributed by atoms with Gasteiger partial charge in [0.05, 0.1) is 30.4 Å². The minimum atomic E-state index is -0.538. The van der Waals surface area contributed by atoms with Gasteiger partial charge in [-0.2, -0.15) is 0 Å². The highest BCUT2D eigenvalue weighted by atomic mass is 16.5. The smallest absolute Gasteiger partial charge is 0.413 e. The van der Waals surface area contributed by atoms with Crippen LogP contribution in [0.5, 0.6) is 0 Å². The van der Waals surface area contributed by atoms with Crippen LogP contribution in [0.3, 0.4) is 0 Å². The molecule has 2 atom stereocenters. The number of aromatic amines is 1. The Hall–Kier alpha value is -2.12. The van der Waals surface area contributed by atoms with E-state index in [4.69, 9.17) is 4.74 Å². The molecule has 1 saturated heterocycles. The van der Waals surface area contributed by atoms with E-state index in [9.17, 15) is 4.79 Å². The molecule has 1 aliphatic rings. The van der Waals surface area contributed by atoms with Crippen molar-refractivity contribution >= 4 is 23.1 Å². The fraction of sp³-hybridized carbons (Fsp3) is 0.714. The van der Waals surface area contributed by atoms with Gasteiger partial charge in [0.15, 0.2) is 0 Å². The number of carbonyl (C=O) groups is 1. The van der Waals surface area contributed by atoms with Gasteiger partial charge in [-0.25, -0.2) is 9.78 Å². The fourth-order valence-electron chi connectivity index (χ4n) is 4.63. The number of nitrogens with zero attached hydrogens (tertiary/aromatic N) is 2. The molecule has 1 aliphatic heterocycles. The first-order valence-electron chi connectivity index (χ1n) is 13.7. The van der Waals surface area contributed by atoms with Crippen LogP contribution in [-0.4, -0.2) is 59.9 Å². The summed E-state index contributed by atoms with van der Waals surface area (Å²) in [7, 11) is 1.30. The van der Waals surface area contributed by atoms with E-state index in [1.165, 1.54) is 84.3 Å². The zero-order valence-corrected chi connectivity index (χ0v) is 22.5. The molecule has 7 nitrogen and oxygen atoms in total. The molecule has 1 fully saturated rings. The molecular formula is C28H48N4O3. The van der Waals surface area contributed by atoms with E-state index in [-0.39, 0.29) is 0 Å². The van der Waals surface area contributed by atoms with Crippen LogP contribution in [0.15, 0.2) is 24.3 Å². The molecular weight excluding hydrogens is 440 g/mol. The number of hydrogen-bond donors (Lipinski definition) is 2. The summed E-state index contributed by atoms with van der Waals surface area (Å²) in [6, 6.07) is 7.51. The SMILES string of the molecule is CCCCCCCCCCCCCN1CC(C)OC(C)C1.COC(=O)Nc1nc2ccccc2[nH]1. The summed E-state index contributed by atoms with van der Waals surface area (Å²) < 4.78 is 10.2. The van der Waals surface area contributed by atoms with Gasteiger partial charge in [0.1, 0.15) is 0 Å². The van der Waals surface area contributed by atoms with E-state index in [1.54, 1.807) is 0 Å². The quantitative estimate of drug-likeness (QED) is 0.293. The Kier molecular flexibility index (Phi) is 14.4. The van der Waals surface area contributed by atoms with Gasteiger partial charge in [-0.1, -0.05) is 83.3 Å². The van der Waals surface area contributed by atoms with E-state index in [0.29, 0.717) is 18.2 Å². The molecule has 35 heavy (non-hydrogen) atoms. The van der Waals surface area contributed by atoms with Gasteiger partial charge in [0, 0.05) is 13.1 Å². The van der Waals surface area contributed by atoms with Crippen LogP contribution < -0.4 is 5.32 Å². The van der Waals surface area contributed by atoms with Crippen molar-refractivity contribution in [3.63, 3.8) is 0 Å². The van der Waals surface area contributed by atoms with Crippen molar-refractivity contribution in [2.45, 2.75) is 104 Å². The molecule has 1 amide bonds. The molecule has 2 unspecified atom stereocenters. The van der Waals surface area contributed by atoms with Gasteiger partial charge in [0.2, 0.25) is 5.95 Å². The minimum Gasteiger partial charge on any atom is -0.453 e. The zero-order chi connectivity index (χ0) is 25.3. The van der Waals surface area contributed by atoms with Crippen molar-refractivity contribution in [3.8, 4) is 0 Å². The fourth-order valence-corrected chi connectivity index (χ4v) is 4.63. The van der Waals surface area contributed by atoms with Gasteiger partial charge >= 0.3 is 6.09 Å². The standard InChI is InChI=1S/C19H39NO.C9H9N3O2/c1-4-5-6-7-8-9-10-11-12-13-14-15-20-16-18(2)21-19(3)17-20;1-14-9(13)12-8-10-6-4-2-3-5-7(6)11-8/h18-19H,4-17H2,1-3H3;2-5H,1H3,(H2,10,11,12,13). The maximum absolute atomic E-state index is 10.9. The second-order valence-corrected chi connectivity index (χ2v) is 9.77. The van der Waals surface area contributed by atoms with Crippen molar-refractivity contribution in [2.24, 2.45) is 0 Å². The van der Waals surface area contributed by atoms with Crippen LogP contribution in [0.4, 0.5) is 10.7 Å². The highest BCUT2D eigenvalue weighted by Crippen LogP contribution is 2.15. The van der Waals surface area contributed by atoms with E-state index in [0.717, 1.165) is 24.1 Å². The number of morpholine rings is 1. The normalized spacial score (nSPS) is 18.2. The summed E-state index contributed by atoms with van der Waals surface area (Å²) in [5.41, 5.74) is 1.68. The molecule has 7 heteroatoms. The van der Waals surface area contributed by atoms with Gasteiger partial charge in [-0.05, 0) is 38.9 Å². The molecule has 3 rings (SSSR count). The lowest BCUT2D eigenvalue weighted by atomic mass is 10.1. The average molecular weight is 489 g/mol. The molecule has 1 aromatic heterocycles. The maximum atomic E-state index is 10.9. The number of unbranched alkanes of at least 4 members (excludes halogenated alkanes) is 10. The topological polar surface area (TPSA) is 79.5 Å². The number of anilines is 1. The Balaban J connectivity index is 0.000000266. The highest BCUT2D eigenvalue weighted by Gasteiger charge is 2.21. The monoisotopic (exact) mass is 488 g/mol. The van der Waals surface area contributed by atoms with Gasteiger partial charge < -0.3 is 14.5 Å². The summed E-state index contributed by atoms with van der Waals surface area (Å²) in [5.74, 6) is 0.387. The first-order chi connectivity index (χ1) is 17.0.